The molecule has 3 aromatic carbocycles. The molecular formula is C26H26N4O. The van der Waals surface area contributed by atoms with Crippen LogP contribution < -0.4 is 10.6 Å². The number of aromatic nitrogens is 2. The van der Waals surface area contributed by atoms with Gasteiger partial charge < -0.3 is 15.2 Å². The summed E-state index contributed by atoms with van der Waals surface area (Å²) in [5, 5.41) is 6.18. The van der Waals surface area contributed by atoms with Gasteiger partial charge >= 0.3 is 6.03 Å². The molecule has 1 atom stereocenters. The first-order valence-electron chi connectivity index (χ1n) is 10.4. The summed E-state index contributed by atoms with van der Waals surface area (Å²) in [4.78, 5) is 17.4. The van der Waals surface area contributed by atoms with Crippen LogP contribution >= 0.6 is 0 Å². The summed E-state index contributed by atoms with van der Waals surface area (Å²) in [6, 6.07) is 29.8. The SMILES string of the molecule is Cn1ccnc1C(NC(=O)NCC(c1ccccc1)c1ccccc1)c1ccccc1. The van der Waals surface area contributed by atoms with Gasteiger partial charge in [-0.2, -0.15) is 0 Å². The van der Waals surface area contributed by atoms with E-state index in [0.717, 1.165) is 22.5 Å². The number of nitrogens with one attached hydrogen (secondary N) is 2. The standard InChI is InChI=1S/C26H26N4O/c1-30-18-17-27-25(30)24(22-15-9-4-10-16-22)29-26(31)28-19-23(20-11-5-2-6-12-20)21-13-7-3-8-14-21/h2-18,23-24H,19H2,1H3,(H2,28,29,31). The van der Waals surface area contributed by atoms with E-state index in [1.165, 1.54) is 0 Å². The van der Waals surface area contributed by atoms with E-state index in [-0.39, 0.29) is 18.0 Å². The van der Waals surface area contributed by atoms with Gasteiger partial charge in [-0.15, -0.1) is 0 Å². The quantitative estimate of drug-likeness (QED) is 0.466. The molecule has 0 radical (unpaired) electrons. The minimum atomic E-state index is -0.340. The van der Waals surface area contributed by atoms with Gasteiger partial charge in [-0.05, 0) is 16.7 Å². The van der Waals surface area contributed by atoms with Crippen molar-refractivity contribution in [3.8, 4) is 0 Å². The van der Waals surface area contributed by atoms with Gasteiger partial charge in [-0.3, -0.25) is 0 Å². The molecule has 0 aliphatic heterocycles. The molecule has 4 aromatic rings. The van der Waals surface area contributed by atoms with Crippen molar-refractivity contribution >= 4 is 6.03 Å². The van der Waals surface area contributed by atoms with Gasteiger partial charge in [0.25, 0.3) is 0 Å². The van der Waals surface area contributed by atoms with E-state index < -0.39 is 0 Å². The molecule has 1 heterocycles. The summed E-state index contributed by atoms with van der Waals surface area (Å²) in [7, 11) is 1.93. The number of carbonyl (C=O) groups is 1. The Morgan fingerprint density at radius 1 is 0.839 bits per heavy atom. The Balaban J connectivity index is 1.51. The van der Waals surface area contributed by atoms with Crippen LogP contribution in [0.2, 0.25) is 0 Å². The van der Waals surface area contributed by atoms with Crippen LogP contribution in [0.1, 0.15) is 34.5 Å². The highest BCUT2D eigenvalue weighted by Gasteiger charge is 2.21. The number of urea groups is 1. The van der Waals surface area contributed by atoms with Crippen molar-refractivity contribution in [1.29, 1.82) is 0 Å². The Kier molecular flexibility index (Phi) is 6.43. The lowest BCUT2D eigenvalue weighted by atomic mass is 9.91. The number of benzene rings is 3. The zero-order valence-electron chi connectivity index (χ0n) is 17.5. The number of aryl methyl sites for hydroxylation is 1. The maximum Gasteiger partial charge on any atom is 0.315 e. The van der Waals surface area contributed by atoms with Crippen LogP contribution in [0, 0.1) is 0 Å². The summed E-state index contributed by atoms with van der Waals surface area (Å²) < 4.78 is 1.93. The zero-order chi connectivity index (χ0) is 21.5. The van der Waals surface area contributed by atoms with Gasteiger partial charge in [0.2, 0.25) is 0 Å². The third-order valence-corrected chi connectivity index (χ3v) is 5.40. The summed E-state index contributed by atoms with van der Waals surface area (Å²) >= 11 is 0. The average molecular weight is 411 g/mol. The van der Waals surface area contributed by atoms with Crippen LogP contribution in [0.15, 0.2) is 103 Å². The van der Waals surface area contributed by atoms with Crippen LogP contribution in [-0.2, 0) is 7.05 Å². The minimum absolute atomic E-state index is 0.0662. The van der Waals surface area contributed by atoms with E-state index in [1.807, 2.05) is 84.5 Å². The summed E-state index contributed by atoms with van der Waals surface area (Å²) in [6.45, 7) is 0.488. The summed E-state index contributed by atoms with van der Waals surface area (Å²) in [5.41, 5.74) is 3.31. The van der Waals surface area contributed by atoms with E-state index in [4.69, 9.17) is 0 Å². The first-order valence-corrected chi connectivity index (χ1v) is 10.4. The van der Waals surface area contributed by atoms with Gasteiger partial charge in [0.05, 0.1) is 0 Å². The van der Waals surface area contributed by atoms with E-state index in [2.05, 4.69) is 39.9 Å². The molecule has 0 saturated heterocycles. The molecule has 0 bridgehead atoms. The zero-order valence-corrected chi connectivity index (χ0v) is 17.5. The first kappa shape index (κ1) is 20.4. The number of nitrogens with zero attached hydrogens (tertiary/aromatic N) is 2. The Morgan fingerprint density at radius 3 is 1.84 bits per heavy atom. The minimum Gasteiger partial charge on any atom is -0.337 e. The fourth-order valence-corrected chi connectivity index (χ4v) is 3.77. The largest absolute Gasteiger partial charge is 0.337 e. The lowest BCUT2D eigenvalue weighted by Gasteiger charge is -2.22. The molecular weight excluding hydrogens is 384 g/mol. The second kappa shape index (κ2) is 9.76. The molecule has 1 aromatic heterocycles. The Bertz CT molecular complexity index is 1050. The van der Waals surface area contributed by atoms with Crippen molar-refractivity contribution in [3.63, 3.8) is 0 Å². The van der Waals surface area contributed by atoms with Crippen molar-refractivity contribution in [1.82, 2.24) is 20.2 Å². The van der Waals surface area contributed by atoms with Crippen LogP contribution in [0.5, 0.6) is 0 Å². The van der Waals surface area contributed by atoms with Crippen molar-refractivity contribution in [2.24, 2.45) is 7.05 Å². The molecule has 31 heavy (non-hydrogen) atoms. The fourth-order valence-electron chi connectivity index (χ4n) is 3.77. The molecule has 0 fully saturated rings. The van der Waals surface area contributed by atoms with E-state index in [0.29, 0.717) is 6.54 Å². The highest BCUT2D eigenvalue weighted by Crippen LogP contribution is 2.24. The monoisotopic (exact) mass is 410 g/mol. The second-order valence-corrected chi connectivity index (χ2v) is 7.47. The van der Waals surface area contributed by atoms with Crippen molar-refractivity contribution < 1.29 is 4.79 Å². The molecule has 2 N–H and O–H groups in total. The maximum absolute atomic E-state index is 12.9. The van der Waals surface area contributed by atoms with Gasteiger partial charge in [0, 0.05) is 31.9 Å². The lowest BCUT2D eigenvalue weighted by molar-refractivity contribution is 0.238. The smallest absolute Gasteiger partial charge is 0.315 e. The fraction of sp³-hybridized carbons (Fsp3) is 0.154. The number of carbonyl (C=O) groups excluding carboxylic acids is 1. The van der Waals surface area contributed by atoms with E-state index in [1.54, 1.807) is 6.20 Å². The predicted molar refractivity (Wildman–Crippen MR) is 123 cm³/mol. The lowest BCUT2D eigenvalue weighted by Crippen LogP contribution is -2.41. The van der Waals surface area contributed by atoms with Gasteiger partial charge in [0.1, 0.15) is 11.9 Å². The first-order chi connectivity index (χ1) is 15.2. The third kappa shape index (κ3) is 5.01. The number of imidazole rings is 1. The van der Waals surface area contributed by atoms with Crippen LogP contribution in [0.3, 0.4) is 0 Å². The number of amides is 2. The maximum atomic E-state index is 12.9. The van der Waals surface area contributed by atoms with Gasteiger partial charge in [-0.25, -0.2) is 9.78 Å². The van der Waals surface area contributed by atoms with E-state index >= 15 is 0 Å². The Labute approximate surface area is 182 Å². The highest BCUT2D eigenvalue weighted by molar-refractivity contribution is 5.75. The average Bonchev–Trinajstić information content (AvgIpc) is 3.25. The molecule has 2 amide bonds. The molecule has 156 valence electrons. The van der Waals surface area contributed by atoms with Crippen molar-refractivity contribution in [2.45, 2.75) is 12.0 Å². The van der Waals surface area contributed by atoms with E-state index in [9.17, 15) is 4.79 Å². The molecule has 0 saturated carbocycles. The van der Waals surface area contributed by atoms with Crippen LogP contribution in [0.4, 0.5) is 4.79 Å². The second-order valence-electron chi connectivity index (χ2n) is 7.47. The molecule has 0 spiro atoms. The molecule has 5 heteroatoms. The summed E-state index contributed by atoms with van der Waals surface area (Å²) in [5.74, 6) is 0.848. The summed E-state index contributed by atoms with van der Waals surface area (Å²) in [6.07, 6.45) is 3.62. The Hall–Kier alpha value is -3.86. The van der Waals surface area contributed by atoms with Crippen LogP contribution in [-0.4, -0.2) is 22.1 Å². The topological polar surface area (TPSA) is 59.0 Å². The van der Waals surface area contributed by atoms with Gasteiger partial charge in [-0.1, -0.05) is 91.0 Å². The highest BCUT2D eigenvalue weighted by atomic mass is 16.2. The Morgan fingerprint density at radius 2 is 1.35 bits per heavy atom. The normalized spacial score (nSPS) is 11.8. The van der Waals surface area contributed by atoms with Crippen molar-refractivity contribution in [2.75, 3.05) is 6.54 Å². The number of rotatable bonds is 7. The van der Waals surface area contributed by atoms with Gasteiger partial charge in [0.15, 0.2) is 0 Å². The number of hydrogen-bond acceptors (Lipinski definition) is 2. The number of hydrogen-bond donors (Lipinski definition) is 2. The molecule has 5 nitrogen and oxygen atoms in total. The third-order valence-electron chi connectivity index (χ3n) is 5.40. The van der Waals surface area contributed by atoms with Crippen molar-refractivity contribution in [3.05, 3.63) is 126 Å². The molecule has 0 aliphatic carbocycles. The molecule has 0 aliphatic rings. The van der Waals surface area contributed by atoms with Crippen LogP contribution in [0.25, 0.3) is 0 Å². The molecule has 4 rings (SSSR count). The predicted octanol–water partition coefficient (Wildman–Crippen LogP) is 4.64. The molecule has 1 unspecified atom stereocenters.